The number of carbonyl (C=O) groups excluding carboxylic acids is 2. The number of halogens is 2. The lowest BCUT2D eigenvalue weighted by Crippen LogP contribution is -1.96. The number of pyridine rings is 2. The first-order valence-electron chi connectivity index (χ1n) is 11.0. The minimum Gasteiger partial charge on any atom is -0.480 e. The second-order valence-corrected chi connectivity index (χ2v) is 8.80. The largest absolute Gasteiger partial charge is 0.480 e. The molecule has 0 saturated carbocycles. The van der Waals surface area contributed by atoms with Crippen molar-refractivity contribution in [2.45, 2.75) is 0 Å². The van der Waals surface area contributed by atoms with Crippen molar-refractivity contribution < 1.29 is 14.3 Å². The number of aldehydes is 2. The van der Waals surface area contributed by atoms with Crippen LogP contribution in [0.15, 0.2) is 79.0 Å². The number of ether oxygens (including phenoxy) is 1. The van der Waals surface area contributed by atoms with Crippen LogP contribution in [-0.4, -0.2) is 29.7 Å². The molecule has 36 heavy (non-hydrogen) atoms. The fourth-order valence-electron chi connectivity index (χ4n) is 4.11. The summed E-state index contributed by atoms with van der Waals surface area (Å²) in [6.45, 7) is 0. The van der Waals surface area contributed by atoms with Gasteiger partial charge in [-0.15, -0.1) is 0 Å². The number of aromatic nitrogens is 2. The molecule has 176 valence electrons. The lowest BCUT2D eigenvalue weighted by atomic mass is 9.96. The Morgan fingerprint density at radius 2 is 1.47 bits per heavy atom. The van der Waals surface area contributed by atoms with Gasteiger partial charge in [0.25, 0.3) is 0 Å². The van der Waals surface area contributed by atoms with E-state index in [0.717, 1.165) is 39.4 Å². The van der Waals surface area contributed by atoms with E-state index in [4.69, 9.17) is 27.9 Å². The number of nitrogens with zero attached hydrogens (tertiary/aromatic N) is 2. The third kappa shape index (κ3) is 4.24. The first-order chi connectivity index (χ1) is 17.5. The van der Waals surface area contributed by atoms with E-state index in [2.05, 4.69) is 9.97 Å². The maximum atomic E-state index is 11.2. The predicted octanol–water partition coefficient (Wildman–Crippen LogP) is 7.57. The number of carbonyl (C=O) groups is 2. The SMILES string of the molecule is COc1nc(-c2cccc(-c3cccc(-c4cnc5cc(C=O)ccc5c4)c3Cl)c2Cl)ccc1C=O. The Kier molecular flexibility index (Phi) is 6.51. The van der Waals surface area contributed by atoms with Crippen molar-refractivity contribution in [3.05, 3.63) is 100 Å². The van der Waals surface area contributed by atoms with Gasteiger partial charge in [-0.25, -0.2) is 4.98 Å². The molecule has 2 aromatic heterocycles. The van der Waals surface area contributed by atoms with Crippen molar-refractivity contribution in [1.29, 1.82) is 0 Å². The molecule has 0 atom stereocenters. The molecule has 2 heterocycles. The van der Waals surface area contributed by atoms with Crippen LogP contribution in [0.4, 0.5) is 0 Å². The number of hydrogen-bond acceptors (Lipinski definition) is 5. The summed E-state index contributed by atoms with van der Waals surface area (Å²) in [6.07, 6.45) is 3.24. The minimum atomic E-state index is 0.230. The van der Waals surface area contributed by atoms with Gasteiger partial charge in [0.2, 0.25) is 5.88 Å². The van der Waals surface area contributed by atoms with E-state index < -0.39 is 0 Å². The number of rotatable bonds is 6. The smallest absolute Gasteiger partial charge is 0.224 e. The normalized spacial score (nSPS) is 10.9. The van der Waals surface area contributed by atoms with Crippen molar-refractivity contribution in [3.8, 4) is 39.4 Å². The van der Waals surface area contributed by atoms with Crippen LogP contribution in [0.5, 0.6) is 5.88 Å². The second kappa shape index (κ2) is 9.90. The Bertz CT molecular complexity index is 1650. The van der Waals surface area contributed by atoms with Crippen molar-refractivity contribution in [3.63, 3.8) is 0 Å². The highest BCUT2D eigenvalue weighted by atomic mass is 35.5. The van der Waals surface area contributed by atoms with E-state index in [1.807, 2.05) is 48.5 Å². The lowest BCUT2D eigenvalue weighted by Gasteiger charge is -2.14. The molecule has 3 aromatic carbocycles. The standard InChI is InChI=1S/C29H18Cl2N2O3/c1-36-29-19(16-35)10-11-25(33-29)24-7-3-6-23(28(24)31)22-5-2-4-21(27(22)30)20-13-18-9-8-17(15-34)12-26(18)32-14-20/h2-16H,1H3. The van der Waals surface area contributed by atoms with E-state index in [1.54, 1.807) is 30.5 Å². The number of methoxy groups -OCH3 is 1. The molecule has 5 rings (SSSR count). The Hall–Kier alpha value is -4.06. The van der Waals surface area contributed by atoms with Gasteiger partial charge in [-0.05, 0) is 24.3 Å². The molecule has 0 radical (unpaired) electrons. The van der Waals surface area contributed by atoms with Gasteiger partial charge in [0.05, 0.1) is 33.9 Å². The summed E-state index contributed by atoms with van der Waals surface area (Å²) in [7, 11) is 1.46. The Labute approximate surface area is 217 Å². The maximum absolute atomic E-state index is 11.2. The van der Waals surface area contributed by atoms with Gasteiger partial charge in [-0.3, -0.25) is 14.6 Å². The number of benzene rings is 3. The lowest BCUT2D eigenvalue weighted by molar-refractivity contribution is 0.111. The van der Waals surface area contributed by atoms with E-state index >= 15 is 0 Å². The molecule has 5 aromatic rings. The first-order valence-corrected chi connectivity index (χ1v) is 11.7. The van der Waals surface area contributed by atoms with Crippen LogP contribution in [0.3, 0.4) is 0 Å². The number of fused-ring (bicyclic) bond motifs is 1. The van der Waals surface area contributed by atoms with Gasteiger partial charge in [0.15, 0.2) is 6.29 Å². The fraction of sp³-hybridized carbons (Fsp3) is 0.0345. The summed E-state index contributed by atoms with van der Waals surface area (Å²) in [5.41, 5.74) is 6.07. The molecule has 5 nitrogen and oxygen atoms in total. The van der Waals surface area contributed by atoms with E-state index in [9.17, 15) is 9.59 Å². The zero-order chi connectivity index (χ0) is 25.2. The second-order valence-electron chi connectivity index (χ2n) is 8.04. The molecular formula is C29H18Cl2N2O3. The first kappa shape index (κ1) is 23.7. The van der Waals surface area contributed by atoms with Crippen LogP contribution in [0, 0.1) is 0 Å². The summed E-state index contributed by atoms with van der Waals surface area (Å²) < 4.78 is 5.25. The maximum Gasteiger partial charge on any atom is 0.224 e. The molecule has 0 unspecified atom stereocenters. The van der Waals surface area contributed by atoms with Gasteiger partial charge < -0.3 is 4.74 Å². The van der Waals surface area contributed by atoms with Gasteiger partial charge in [0.1, 0.15) is 6.29 Å². The summed E-state index contributed by atoms with van der Waals surface area (Å²) in [5, 5.41) is 1.91. The van der Waals surface area contributed by atoms with E-state index in [1.165, 1.54) is 7.11 Å². The molecular weight excluding hydrogens is 495 g/mol. The van der Waals surface area contributed by atoms with Crippen LogP contribution < -0.4 is 4.74 Å². The van der Waals surface area contributed by atoms with E-state index in [-0.39, 0.29) is 5.88 Å². The molecule has 0 saturated heterocycles. The quantitative estimate of drug-likeness (QED) is 0.219. The van der Waals surface area contributed by atoms with Gasteiger partial charge in [0, 0.05) is 45.0 Å². The average Bonchev–Trinajstić information content (AvgIpc) is 2.92. The van der Waals surface area contributed by atoms with Crippen molar-refractivity contribution >= 4 is 46.7 Å². The molecule has 0 amide bonds. The van der Waals surface area contributed by atoms with Gasteiger partial charge in [-0.2, -0.15) is 0 Å². The summed E-state index contributed by atoms with van der Waals surface area (Å²) in [6, 6.07) is 22.1. The van der Waals surface area contributed by atoms with Crippen LogP contribution in [0.1, 0.15) is 20.7 Å². The van der Waals surface area contributed by atoms with Crippen LogP contribution in [0.25, 0.3) is 44.4 Å². The zero-order valence-corrected chi connectivity index (χ0v) is 20.5. The fourth-order valence-corrected chi connectivity index (χ4v) is 4.78. The Balaban J connectivity index is 1.60. The van der Waals surface area contributed by atoms with Crippen molar-refractivity contribution in [1.82, 2.24) is 9.97 Å². The van der Waals surface area contributed by atoms with Crippen LogP contribution in [0.2, 0.25) is 10.0 Å². The summed E-state index contributed by atoms with van der Waals surface area (Å²) >= 11 is 13.8. The third-order valence-electron chi connectivity index (χ3n) is 5.93. The summed E-state index contributed by atoms with van der Waals surface area (Å²) in [5.74, 6) is 0.230. The molecule has 0 fully saturated rings. The topological polar surface area (TPSA) is 69.2 Å². The van der Waals surface area contributed by atoms with Crippen molar-refractivity contribution in [2.24, 2.45) is 0 Å². The monoisotopic (exact) mass is 512 g/mol. The van der Waals surface area contributed by atoms with Crippen LogP contribution in [-0.2, 0) is 0 Å². The Morgan fingerprint density at radius 3 is 2.17 bits per heavy atom. The highest BCUT2D eigenvalue weighted by molar-refractivity contribution is 6.39. The molecule has 0 bridgehead atoms. The predicted molar refractivity (Wildman–Crippen MR) is 143 cm³/mol. The number of hydrogen-bond donors (Lipinski definition) is 0. The zero-order valence-electron chi connectivity index (χ0n) is 19.0. The molecule has 7 heteroatoms. The molecule has 0 N–H and O–H groups in total. The van der Waals surface area contributed by atoms with Crippen LogP contribution >= 0.6 is 23.2 Å². The highest BCUT2D eigenvalue weighted by Gasteiger charge is 2.17. The summed E-state index contributed by atoms with van der Waals surface area (Å²) in [4.78, 5) is 31.3. The van der Waals surface area contributed by atoms with Crippen molar-refractivity contribution in [2.75, 3.05) is 7.11 Å². The Morgan fingerprint density at radius 1 is 0.778 bits per heavy atom. The van der Waals surface area contributed by atoms with E-state index in [0.29, 0.717) is 38.7 Å². The van der Waals surface area contributed by atoms with Gasteiger partial charge >= 0.3 is 0 Å². The highest BCUT2D eigenvalue weighted by Crippen LogP contribution is 2.42. The van der Waals surface area contributed by atoms with Gasteiger partial charge in [-0.1, -0.05) is 71.7 Å². The molecule has 0 spiro atoms. The molecule has 0 aliphatic carbocycles. The minimum absolute atomic E-state index is 0.230. The average molecular weight is 513 g/mol. The molecule has 0 aliphatic heterocycles. The molecule has 0 aliphatic rings. The third-order valence-corrected chi connectivity index (χ3v) is 6.74.